The van der Waals surface area contributed by atoms with Gasteiger partial charge in [0.15, 0.2) is 9.84 Å². The van der Waals surface area contributed by atoms with Crippen molar-refractivity contribution in [2.24, 2.45) is 0 Å². The van der Waals surface area contributed by atoms with Gasteiger partial charge in [0.05, 0.1) is 34.7 Å². The number of rotatable bonds is 2. The standard InChI is InChI=1S/C17H20N2O4S/c1-10-5-4-6-12-13(7-11(2)18-16(10)12)17(21)19(3)14-8-24(22,23)9-15(14)20/h4-7,14-15,20H,8-9H2,1-3H3/t14-,15-/m1/s1. The molecule has 128 valence electrons. The summed E-state index contributed by atoms with van der Waals surface area (Å²) in [5.74, 6) is -0.820. The van der Waals surface area contributed by atoms with Crippen LogP contribution >= 0.6 is 0 Å². The number of amides is 1. The Morgan fingerprint density at radius 1 is 1.29 bits per heavy atom. The second kappa shape index (κ2) is 5.82. The lowest BCUT2D eigenvalue weighted by molar-refractivity contribution is 0.0583. The van der Waals surface area contributed by atoms with Crippen LogP contribution in [-0.2, 0) is 9.84 Å². The van der Waals surface area contributed by atoms with E-state index in [4.69, 9.17) is 0 Å². The maximum atomic E-state index is 13.0. The third kappa shape index (κ3) is 2.89. The average Bonchev–Trinajstić information content (AvgIpc) is 2.79. The van der Waals surface area contributed by atoms with E-state index in [9.17, 15) is 18.3 Å². The van der Waals surface area contributed by atoms with Gasteiger partial charge in [0, 0.05) is 18.1 Å². The Bertz CT molecular complexity index is 924. The zero-order valence-electron chi connectivity index (χ0n) is 13.9. The van der Waals surface area contributed by atoms with Gasteiger partial charge < -0.3 is 10.0 Å². The lowest BCUT2D eigenvalue weighted by Gasteiger charge is -2.26. The topological polar surface area (TPSA) is 87.6 Å². The van der Waals surface area contributed by atoms with Crippen LogP contribution in [0.15, 0.2) is 24.3 Å². The molecule has 1 N–H and O–H groups in total. The minimum atomic E-state index is -3.32. The molecule has 0 radical (unpaired) electrons. The molecule has 0 aliphatic carbocycles. The number of fused-ring (bicyclic) bond motifs is 1. The number of nitrogens with zero attached hydrogens (tertiary/aromatic N) is 2. The van der Waals surface area contributed by atoms with Gasteiger partial charge in [0.25, 0.3) is 5.91 Å². The molecule has 6 nitrogen and oxygen atoms in total. The Kier molecular flexibility index (Phi) is 4.09. The highest BCUT2D eigenvalue weighted by Crippen LogP contribution is 2.25. The highest BCUT2D eigenvalue weighted by molar-refractivity contribution is 7.91. The molecule has 1 aliphatic heterocycles. The molecule has 1 aromatic carbocycles. The van der Waals surface area contributed by atoms with E-state index in [2.05, 4.69) is 4.98 Å². The number of aromatic nitrogens is 1. The molecule has 1 fully saturated rings. The molecule has 0 spiro atoms. The number of likely N-dealkylation sites (N-methyl/N-ethyl adjacent to an activating group) is 1. The number of aliphatic hydroxyl groups is 1. The molecule has 0 saturated carbocycles. The van der Waals surface area contributed by atoms with Crippen molar-refractivity contribution in [3.8, 4) is 0 Å². The van der Waals surface area contributed by atoms with Gasteiger partial charge >= 0.3 is 0 Å². The van der Waals surface area contributed by atoms with Crippen molar-refractivity contribution in [3.05, 3.63) is 41.1 Å². The molecule has 24 heavy (non-hydrogen) atoms. The number of aliphatic hydroxyl groups excluding tert-OH is 1. The molecular weight excluding hydrogens is 328 g/mol. The summed E-state index contributed by atoms with van der Waals surface area (Å²) in [4.78, 5) is 18.8. The van der Waals surface area contributed by atoms with Gasteiger partial charge in [0.1, 0.15) is 0 Å². The van der Waals surface area contributed by atoms with Crippen molar-refractivity contribution < 1.29 is 18.3 Å². The number of para-hydroxylation sites is 1. The van der Waals surface area contributed by atoms with E-state index in [1.54, 1.807) is 6.07 Å². The summed E-state index contributed by atoms with van der Waals surface area (Å²) >= 11 is 0. The summed E-state index contributed by atoms with van der Waals surface area (Å²) < 4.78 is 23.4. The Morgan fingerprint density at radius 3 is 2.62 bits per heavy atom. The number of sulfone groups is 1. The van der Waals surface area contributed by atoms with Crippen LogP contribution in [0.4, 0.5) is 0 Å². The van der Waals surface area contributed by atoms with E-state index < -0.39 is 22.0 Å². The highest BCUT2D eigenvalue weighted by Gasteiger charge is 2.40. The molecular formula is C17H20N2O4S. The fraction of sp³-hybridized carbons (Fsp3) is 0.412. The van der Waals surface area contributed by atoms with E-state index in [-0.39, 0.29) is 17.4 Å². The van der Waals surface area contributed by atoms with Crippen LogP contribution < -0.4 is 0 Å². The van der Waals surface area contributed by atoms with Crippen molar-refractivity contribution in [1.29, 1.82) is 0 Å². The summed E-state index contributed by atoms with van der Waals surface area (Å²) in [6, 6.07) is 6.60. The summed E-state index contributed by atoms with van der Waals surface area (Å²) in [6.07, 6.45) is -1.06. The first-order valence-electron chi connectivity index (χ1n) is 7.72. The Balaban J connectivity index is 2.04. The summed E-state index contributed by atoms with van der Waals surface area (Å²) in [5, 5.41) is 10.7. The number of benzene rings is 1. The molecule has 2 heterocycles. The summed E-state index contributed by atoms with van der Waals surface area (Å²) in [6.45, 7) is 3.75. The van der Waals surface area contributed by atoms with E-state index in [1.807, 2.05) is 32.0 Å². The molecule has 3 rings (SSSR count). The molecule has 1 aliphatic rings. The zero-order valence-corrected chi connectivity index (χ0v) is 14.7. The smallest absolute Gasteiger partial charge is 0.254 e. The van der Waals surface area contributed by atoms with Crippen LogP contribution in [0.3, 0.4) is 0 Å². The molecule has 2 aromatic rings. The molecule has 1 amide bonds. The van der Waals surface area contributed by atoms with Gasteiger partial charge in [-0.15, -0.1) is 0 Å². The molecule has 7 heteroatoms. The van der Waals surface area contributed by atoms with Crippen molar-refractivity contribution in [3.63, 3.8) is 0 Å². The first-order chi connectivity index (χ1) is 11.2. The predicted molar refractivity (Wildman–Crippen MR) is 91.8 cm³/mol. The third-order valence-electron chi connectivity index (χ3n) is 4.51. The van der Waals surface area contributed by atoms with Crippen molar-refractivity contribution in [1.82, 2.24) is 9.88 Å². The summed E-state index contributed by atoms with van der Waals surface area (Å²) in [7, 11) is -1.78. The van der Waals surface area contributed by atoms with Crippen LogP contribution in [0.25, 0.3) is 10.9 Å². The van der Waals surface area contributed by atoms with Crippen LogP contribution in [-0.4, -0.2) is 60.0 Å². The molecule has 0 unspecified atom stereocenters. The number of hydrogen-bond acceptors (Lipinski definition) is 5. The van der Waals surface area contributed by atoms with Crippen LogP contribution in [0.1, 0.15) is 21.6 Å². The molecule has 1 aromatic heterocycles. The van der Waals surface area contributed by atoms with E-state index in [1.165, 1.54) is 11.9 Å². The monoisotopic (exact) mass is 348 g/mol. The van der Waals surface area contributed by atoms with Gasteiger partial charge in [-0.25, -0.2) is 8.42 Å². The number of pyridine rings is 1. The Morgan fingerprint density at radius 2 is 2.00 bits per heavy atom. The van der Waals surface area contributed by atoms with Gasteiger partial charge in [-0.3, -0.25) is 9.78 Å². The Hall–Kier alpha value is -1.99. The quantitative estimate of drug-likeness (QED) is 0.877. The zero-order chi connectivity index (χ0) is 17.6. The first-order valence-corrected chi connectivity index (χ1v) is 9.54. The maximum absolute atomic E-state index is 13.0. The van der Waals surface area contributed by atoms with Gasteiger partial charge in [-0.05, 0) is 25.5 Å². The van der Waals surface area contributed by atoms with Crippen LogP contribution in [0, 0.1) is 13.8 Å². The molecule has 0 bridgehead atoms. The van der Waals surface area contributed by atoms with Crippen LogP contribution in [0.2, 0.25) is 0 Å². The normalized spacial score (nSPS) is 22.7. The minimum Gasteiger partial charge on any atom is -0.390 e. The van der Waals surface area contributed by atoms with Crippen molar-refractivity contribution in [2.75, 3.05) is 18.6 Å². The average molecular weight is 348 g/mol. The number of carbonyl (C=O) groups is 1. The van der Waals surface area contributed by atoms with Gasteiger partial charge in [-0.1, -0.05) is 18.2 Å². The fourth-order valence-corrected chi connectivity index (χ4v) is 5.06. The van der Waals surface area contributed by atoms with Crippen LogP contribution in [0.5, 0.6) is 0 Å². The van der Waals surface area contributed by atoms with Crippen molar-refractivity contribution in [2.45, 2.75) is 26.0 Å². The fourth-order valence-electron chi connectivity index (χ4n) is 3.22. The second-order valence-corrected chi connectivity index (χ2v) is 8.56. The maximum Gasteiger partial charge on any atom is 0.254 e. The summed E-state index contributed by atoms with van der Waals surface area (Å²) in [5.41, 5.74) is 2.92. The predicted octanol–water partition coefficient (Wildman–Crippen LogP) is 1.08. The number of carbonyl (C=O) groups excluding carboxylic acids is 1. The molecule has 1 saturated heterocycles. The SMILES string of the molecule is Cc1cc(C(=O)N(C)[C@@H]2CS(=O)(=O)C[C@H]2O)c2cccc(C)c2n1. The number of hydrogen-bond donors (Lipinski definition) is 1. The van der Waals surface area contributed by atoms with Crippen molar-refractivity contribution >= 4 is 26.6 Å². The second-order valence-electron chi connectivity index (χ2n) is 6.41. The number of aryl methyl sites for hydroxylation is 2. The van der Waals surface area contributed by atoms with Gasteiger partial charge in [0.2, 0.25) is 0 Å². The highest BCUT2D eigenvalue weighted by atomic mass is 32.2. The largest absolute Gasteiger partial charge is 0.390 e. The van der Waals surface area contributed by atoms with Gasteiger partial charge in [-0.2, -0.15) is 0 Å². The molecule has 2 atom stereocenters. The third-order valence-corrected chi connectivity index (χ3v) is 6.21. The van der Waals surface area contributed by atoms with E-state index >= 15 is 0 Å². The lowest BCUT2D eigenvalue weighted by atomic mass is 10.0. The Labute approximate surface area is 141 Å². The minimum absolute atomic E-state index is 0.211. The van der Waals surface area contributed by atoms with E-state index in [0.29, 0.717) is 11.3 Å². The first kappa shape index (κ1) is 16.9. The van der Waals surface area contributed by atoms with E-state index in [0.717, 1.165) is 16.5 Å². The lowest BCUT2D eigenvalue weighted by Crippen LogP contribution is -2.44.